The van der Waals surface area contributed by atoms with E-state index in [2.05, 4.69) is 0 Å². The second-order valence-electron chi connectivity index (χ2n) is 6.53. The van der Waals surface area contributed by atoms with Crippen LogP contribution in [0.5, 0.6) is 11.5 Å². The minimum atomic E-state index is -1.62. The molecule has 3 rings (SSSR count). The van der Waals surface area contributed by atoms with Crippen LogP contribution in [-0.4, -0.2) is 22.0 Å². The number of ketones is 1. The normalized spacial score (nSPS) is 11.1. The molecule has 0 aliphatic rings. The maximum Gasteiger partial charge on any atom is 0.371 e. The molecule has 0 aliphatic carbocycles. The first kappa shape index (κ1) is 21.9. The van der Waals surface area contributed by atoms with E-state index in [1.807, 2.05) is 60.7 Å². The molecule has 6 nitrogen and oxygen atoms in total. The van der Waals surface area contributed by atoms with Crippen molar-refractivity contribution in [3.8, 4) is 11.5 Å². The second-order valence-corrected chi connectivity index (χ2v) is 6.93. The fraction of sp³-hybridized carbons (Fsp3) is 0.0833. The Morgan fingerprint density at radius 3 is 1.84 bits per heavy atom. The minimum Gasteiger partial charge on any atom is -0.502 e. The zero-order valence-corrected chi connectivity index (χ0v) is 17.1. The number of aliphatic hydroxyl groups is 1. The van der Waals surface area contributed by atoms with Crippen LogP contribution >= 0.6 is 11.6 Å². The number of halogens is 1. The van der Waals surface area contributed by atoms with Gasteiger partial charge in [0.15, 0.2) is 5.78 Å². The highest BCUT2D eigenvalue weighted by atomic mass is 35.5. The first-order chi connectivity index (χ1) is 14.9. The highest BCUT2D eigenvalue weighted by Crippen LogP contribution is 2.34. The molecule has 0 saturated heterocycles. The number of allylic oxidation sites excluding steroid dienone is 1. The van der Waals surface area contributed by atoms with Gasteiger partial charge in [0.25, 0.3) is 0 Å². The third kappa shape index (κ3) is 6.10. The topological polar surface area (TPSA) is 93.1 Å². The number of hydrogen-bond acceptors (Lipinski definition) is 5. The molecule has 31 heavy (non-hydrogen) atoms. The molecule has 0 unspecified atom stereocenters. The molecular weight excluding hydrogens is 420 g/mol. The number of carbonyl (C=O) groups is 2. The van der Waals surface area contributed by atoms with Gasteiger partial charge in [0, 0.05) is 12.1 Å². The summed E-state index contributed by atoms with van der Waals surface area (Å²) < 4.78 is 11.6. The summed E-state index contributed by atoms with van der Waals surface area (Å²) >= 11 is 6.30. The van der Waals surface area contributed by atoms with Crippen LogP contribution < -0.4 is 9.47 Å². The van der Waals surface area contributed by atoms with E-state index < -0.39 is 17.5 Å². The van der Waals surface area contributed by atoms with Crippen LogP contribution in [0.25, 0.3) is 0 Å². The summed E-state index contributed by atoms with van der Waals surface area (Å²) in [5.74, 6) is -3.01. The molecular formula is C24H19ClO6. The van der Waals surface area contributed by atoms with Crippen LogP contribution in [0.3, 0.4) is 0 Å². The highest BCUT2D eigenvalue weighted by Gasteiger charge is 2.18. The summed E-state index contributed by atoms with van der Waals surface area (Å²) in [6.07, 6.45) is 0.605. The highest BCUT2D eigenvalue weighted by molar-refractivity contribution is 6.32. The van der Waals surface area contributed by atoms with E-state index in [0.717, 1.165) is 11.1 Å². The lowest BCUT2D eigenvalue weighted by Gasteiger charge is -2.14. The van der Waals surface area contributed by atoms with Gasteiger partial charge < -0.3 is 19.7 Å². The van der Waals surface area contributed by atoms with E-state index in [1.165, 1.54) is 12.1 Å². The quantitative estimate of drug-likeness (QED) is 0.271. The fourth-order valence-corrected chi connectivity index (χ4v) is 2.91. The third-order valence-electron chi connectivity index (χ3n) is 4.26. The van der Waals surface area contributed by atoms with E-state index in [4.69, 9.17) is 26.2 Å². The number of ether oxygens (including phenoxy) is 2. The number of aliphatic hydroxyl groups excluding tert-OH is 1. The number of carboxylic acid groups (broad SMARTS) is 1. The maximum atomic E-state index is 12.6. The average Bonchev–Trinajstić information content (AvgIpc) is 2.78. The molecule has 3 aromatic rings. The van der Waals surface area contributed by atoms with Gasteiger partial charge >= 0.3 is 5.97 Å². The van der Waals surface area contributed by atoms with Crippen LogP contribution in [0.4, 0.5) is 0 Å². The van der Waals surface area contributed by atoms with Crippen molar-refractivity contribution < 1.29 is 29.3 Å². The molecule has 3 aromatic carbocycles. The SMILES string of the molecule is O=C(O)/C(O)=C/C(=O)c1cc(Cl)c(OCc2ccccc2)cc1OCc1ccccc1. The van der Waals surface area contributed by atoms with Gasteiger partial charge in [0.05, 0.1) is 10.6 Å². The molecule has 0 radical (unpaired) electrons. The second kappa shape index (κ2) is 10.3. The van der Waals surface area contributed by atoms with Crippen molar-refractivity contribution in [2.24, 2.45) is 0 Å². The zero-order valence-electron chi connectivity index (χ0n) is 16.3. The molecule has 0 aromatic heterocycles. The fourth-order valence-electron chi connectivity index (χ4n) is 2.69. The predicted octanol–water partition coefficient (Wildman–Crippen LogP) is 5.21. The van der Waals surface area contributed by atoms with E-state index in [1.54, 1.807) is 0 Å². The summed E-state index contributed by atoms with van der Waals surface area (Å²) in [5, 5.41) is 18.4. The van der Waals surface area contributed by atoms with Crippen molar-refractivity contribution in [1.82, 2.24) is 0 Å². The lowest BCUT2D eigenvalue weighted by molar-refractivity contribution is -0.135. The molecule has 0 atom stereocenters. The lowest BCUT2D eigenvalue weighted by Crippen LogP contribution is -2.07. The van der Waals surface area contributed by atoms with E-state index >= 15 is 0 Å². The third-order valence-corrected chi connectivity index (χ3v) is 4.56. The summed E-state index contributed by atoms with van der Waals surface area (Å²) in [5.41, 5.74) is 1.80. The van der Waals surface area contributed by atoms with Crippen molar-refractivity contribution in [2.75, 3.05) is 0 Å². The molecule has 0 heterocycles. The standard InChI is InChI=1S/C24H19ClO6/c25-19-11-18(20(26)12-21(27)24(28)29)22(30-14-16-7-3-1-4-8-16)13-23(19)31-15-17-9-5-2-6-10-17/h1-13,27H,14-15H2,(H,28,29)/b21-12-. The van der Waals surface area contributed by atoms with Crippen molar-refractivity contribution in [3.05, 3.63) is 106 Å². The maximum absolute atomic E-state index is 12.6. The molecule has 0 fully saturated rings. The van der Waals surface area contributed by atoms with Gasteiger partial charge in [-0.15, -0.1) is 0 Å². The lowest BCUT2D eigenvalue weighted by atomic mass is 10.1. The largest absolute Gasteiger partial charge is 0.502 e. The van der Waals surface area contributed by atoms with Gasteiger partial charge in [0.2, 0.25) is 5.76 Å². The van der Waals surface area contributed by atoms with Gasteiger partial charge in [-0.1, -0.05) is 72.3 Å². The summed E-state index contributed by atoms with van der Waals surface area (Å²) in [6, 6.07) is 21.6. The average molecular weight is 439 g/mol. The van der Waals surface area contributed by atoms with Crippen LogP contribution in [0.2, 0.25) is 5.02 Å². The summed E-state index contributed by atoms with van der Waals surface area (Å²) in [6.45, 7) is 0.418. The predicted molar refractivity (Wildman–Crippen MR) is 116 cm³/mol. The van der Waals surface area contributed by atoms with Crippen molar-refractivity contribution >= 4 is 23.4 Å². The van der Waals surface area contributed by atoms with E-state index in [-0.39, 0.29) is 29.5 Å². The Kier molecular flexibility index (Phi) is 7.30. The van der Waals surface area contributed by atoms with Gasteiger partial charge in [-0.25, -0.2) is 4.79 Å². The zero-order chi connectivity index (χ0) is 22.2. The smallest absolute Gasteiger partial charge is 0.371 e. The van der Waals surface area contributed by atoms with Crippen molar-refractivity contribution in [2.45, 2.75) is 13.2 Å². The molecule has 0 bridgehead atoms. The van der Waals surface area contributed by atoms with Crippen LogP contribution in [0.1, 0.15) is 21.5 Å². The van der Waals surface area contributed by atoms with Crippen molar-refractivity contribution in [3.63, 3.8) is 0 Å². The Bertz CT molecular complexity index is 1090. The van der Waals surface area contributed by atoms with Gasteiger partial charge in [-0.05, 0) is 17.2 Å². The minimum absolute atomic E-state index is 0.000734. The summed E-state index contributed by atoms with van der Waals surface area (Å²) in [7, 11) is 0. The number of aliphatic carboxylic acids is 1. The van der Waals surface area contributed by atoms with Crippen LogP contribution in [0.15, 0.2) is 84.6 Å². The van der Waals surface area contributed by atoms with Crippen LogP contribution in [-0.2, 0) is 18.0 Å². The Morgan fingerprint density at radius 2 is 1.32 bits per heavy atom. The Hall–Kier alpha value is -3.77. The Morgan fingerprint density at radius 1 is 0.806 bits per heavy atom. The van der Waals surface area contributed by atoms with Gasteiger partial charge in [0.1, 0.15) is 24.7 Å². The number of rotatable bonds is 9. The number of hydrogen-bond donors (Lipinski definition) is 2. The summed E-state index contributed by atoms with van der Waals surface area (Å²) in [4.78, 5) is 23.4. The number of carboxylic acids is 1. The molecule has 0 saturated carbocycles. The first-order valence-corrected chi connectivity index (χ1v) is 9.67. The number of carbonyl (C=O) groups excluding carboxylic acids is 1. The molecule has 2 N–H and O–H groups in total. The Labute approximate surface area is 183 Å². The molecule has 158 valence electrons. The van der Waals surface area contributed by atoms with E-state index in [9.17, 15) is 14.7 Å². The number of benzene rings is 3. The van der Waals surface area contributed by atoms with Gasteiger partial charge in [-0.3, -0.25) is 4.79 Å². The molecule has 7 heteroatoms. The molecule has 0 aliphatic heterocycles. The van der Waals surface area contributed by atoms with Crippen molar-refractivity contribution in [1.29, 1.82) is 0 Å². The Balaban J connectivity index is 1.90. The molecule has 0 spiro atoms. The van der Waals surface area contributed by atoms with E-state index in [0.29, 0.717) is 11.8 Å². The first-order valence-electron chi connectivity index (χ1n) is 9.29. The molecule has 0 amide bonds. The monoisotopic (exact) mass is 438 g/mol. The van der Waals surface area contributed by atoms with Gasteiger partial charge in [-0.2, -0.15) is 0 Å². The van der Waals surface area contributed by atoms with Crippen LogP contribution in [0, 0.1) is 0 Å².